The Hall–Kier alpha value is -0.910. The lowest BCUT2D eigenvalue weighted by Gasteiger charge is -2.24. The second kappa shape index (κ2) is 4.76. The van der Waals surface area contributed by atoms with Crippen molar-refractivity contribution in [1.82, 2.24) is 9.03 Å². The predicted octanol–water partition coefficient (Wildman–Crippen LogP) is 1.36. The van der Waals surface area contributed by atoms with Gasteiger partial charge >= 0.3 is 0 Å². The summed E-state index contributed by atoms with van der Waals surface area (Å²) in [5, 5.41) is 0. The highest BCUT2D eigenvalue weighted by Crippen LogP contribution is 2.22. The average molecular weight is 254 g/mol. The van der Waals surface area contributed by atoms with Gasteiger partial charge in [-0.1, -0.05) is 44.2 Å². The first-order valence-electron chi connectivity index (χ1n) is 5.81. The third-order valence-corrected chi connectivity index (χ3v) is 4.65. The lowest BCUT2D eigenvalue weighted by molar-refractivity contribution is 0.283. The number of hydrogen-bond donors (Lipinski definition) is 1. The molecule has 2 rings (SSSR count). The van der Waals surface area contributed by atoms with Gasteiger partial charge in [-0.3, -0.25) is 0 Å². The van der Waals surface area contributed by atoms with Crippen LogP contribution >= 0.6 is 0 Å². The zero-order chi connectivity index (χ0) is 12.5. The summed E-state index contributed by atoms with van der Waals surface area (Å²) in [5.74, 6) is 0.309. The van der Waals surface area contributed by atoms with Crippen LogP contribution in [0.1, 0.15) is 19.4 Å². The maximum absolute atomic E-state index is 11.9. The van der Waals surface area contributed by atoms with Gasteiger partial charge in [0.1, 0.15) is 0 Å². The van der Waals surface area contributed by atoms with Crippen LogP contribution in [0, 0.1) is 5.92 Å². The molecule has 0 amide bonds. The molecule has 0 aromatic heterocycles. The standard InChI is InChI=1S/C12H18N2O2S/c1-10(2)12-8-13-17(15,16)14(12)9-11-6-4-3-5-7-11/h3-7,10,12-13H,8-9H2,1-2H3/t12-/m1/s1. The van der Waals surface area contributed by atoms with Crippen LogP contribution in [0.4, 0.5) is 0 Å². The van der Waals surface area contributed by atoms with Crippen LogP contribution in [0.2, 0.25) is 0 Å². The van der Waals surface area contributed by atoms with E-state index in [0.29, 0.717) is 19.0 Å². The second-order valence-electron chi connectivity index (χ2n) is 4.70. The van der Waals surface area contributed by atoms with Gasteiger partial charge in [-0.25, -0.2) is 4.72 Å². The fourth-order valence-electron chi connectivity index (χ4n) is 2.09. The molecular formula is C12H18N2O2S. The minimum atomic E-state index is -3.30. The Bertz CT molecular complexity index is 471. The van der Waals surface area contributed by atoms with E-state index in [0.717, 1.165) is 5.56 Å². The normalized spacial score (nSPS) is 24.3. The third-order valence-electron chi connectivity index (χ3n) is 3.10. The van der Waals surface area contributed by atoms with Crippen molar-refractivity contribution in [2.45, 2.75) is 26.4 Å². The molecule has 1 atom stereocenters. The first-order chi connectivity index (χ1) is 8.00. The zero-order valence-electron chi connectivity index (χ0n) is 10.1. The van der Waals surface area contributed by atoms with E-state index >= 15 is 0 Å². The van der Waals surface area contributed by atoms with E-state index in [1.54, 1.807) is 4.31 Å². The fraction of sp³-hybridized carbons (Fsp3) is 0.500. The summed E-state index contributed by atoms with van der Waals surface area (Å²) >= 11 is 0. The molecule has 1 aliphatic heterocycles. The van der Waals surface area contributed by atoms with Crippen molar-refractivity contribution < 1.29 is 8.42 Å². The maximum Gasteiger partial charge on any atom is 0.280 e. The molecule has 1 N–H and O–H groups in total. The molecule has 0 unspecified atom stereocenters. The van der Waals surface area contributed by atoms with Gasteiger partial charge in [0, 0.05) is 19.1 Å². The number of nitrogens with zero attached hydrogens (tertiary/aromatic N) is 1. The molecule has 1 aliphatic rings. The van der Waals surface area contributed by atoms with E-state index in [4.69, 9.17) is 0 Å². The van der Waals surface area contributed by atoms with Crippen molar-refractivity contribution in [2.75, 3.05) is 6.54 Å². The molecule has 1 fully saturated rings. The number of rotatable bonds is 3. The first-order valence-corrected chi connectivity index (χ1v) is 7.25. The Balaban J connectivity index is 2.22. The van der Waals surface area contributed by atoms with Crippen molar-refractivity contribution in [3.05, 3.63) is 35.9 Å². The molecule has 0 bridgehead atoms. The van der Waals surface area contributed by atoms with Gasteiger partial charge in [-0.05, 0) is 11.5 Å². The van der Waals surface area contributed by atoms with E-state index < -0.39 is 10.2 Å². The van der Waals surface area contributed by atoms with Crippen molar-refractivity contribution in [2.24, 2.45) is 5.92 Å². The topological polar surface area (TPSA) is 49.4 Å². The molecule has 0 spiro atoms. The summed E-state index contributed by atoms with van der Waals surface area (Å²) in [7, 11) is -3.30. The first kappa shape index (κ1) is 12.5. The largest absolute Gasteiger partial charge is 0.280 e. The van der Waals surface area contributed by atoms with E-state index in [9.17, 15) is 8.42 Å². The van der Waals surface area contributed by atoms with Crippen molar-refractivity contribution >= 4 is 10.2 Å². The summed E-state index contributed by atoms with van der Waals surface area (Å²) in [6.45, 7) is 5.04. The van der Waals surface area contributed by atoms with E-state index in [1.165, 1.54) is 0 Å². The summed E-state index contributed by atoms with van der Waals surface area (Å²) in [4.78, 5) is 0. The molecule has 94 valence electrons. The zero-order valence-corrected chi connectivity index (χ0v) is 10.9. The van der Waals surface area contributed by atoms with Crippen LogP contribution in [0.3, 0.4) is 0 Å². The molecular weight excluding hydrogens is 236 g/mol. The third kappa shape index (κ3) is 2.68. The minimum Gasteiger partial charge on any atom is -0.200 e. The number of benzene rings is 1. The lowest BCUT2D eigenvalue weighted by Crippen LogP contribution is -2.37. The van der Waals surface area contributed by atoms with Crippen LogP contribution in [-0.4, -0.2) is 25.3 Å². The highest BCUT2D eigenvalue weighted by Gasteiger charge is 2.38. The van der Waals surface area contributed by atoms with Crippen LogP contribution < -0.4 is 4.72 Å². The van der Waals surface area contributed by atoms with Gasteiger partial charge in [0.25, 0.3) is 10.2 Å². The fourth-order valence-corrected chi connectivity index (χ4v) is 3.63. The smallest absolute Gasteiger partial charge is 0.200 e. The summed E-state index contributed by atoms with van der Waals surface area (Å²) in [5.41, 5.74) is 1.02. The van der Waals surface area contributed by atoms with Gasteiger partial charge in [0.15, 0.2) is 0 Å². The van der Waals surface area contributed by atoms with Crippen molar-refractivity contribution in [3.63, 3.8) is 0 Å². The number of hydrogen-bond acceptors (Lipinski definition) is 2. The molecule has 1 saturated heterocycles. The van der Waals surface area contributed by atoms with Crippen LogP contribution in [0.5, 0.6) is 0 Å². The Kier molecular flexibility index (Phi) is 3.51. The Morgan fingerprint density at radius 3 is 2.59 bits per heavy atom. The Morgan fingerprint density at radius 1 is 1.35 bits per heavy atom. The SMILES string of the molecule is CC(C)[C@H]1CNS(=O)(=O)N1Cc1ccccc1. The minimum absolute atomic E-state index is 0.0419. The van der Waals surface area contributed by atoms with Crippen molar-refractivity contribution in [1.29, 1.82) is 0 Å². The lowest BCUT2D eigenvalue weighted by atomic mass is 10.0. The molecule has 4 nitrogen and oxygen atoms in total. The Labute approximate surface area is 103 Å². The summed E-state index contributed by atoms with van der Waals surface area (Å²) < 4.78 is 27.9. The van der Waals surface area contributed by atoms with Crippen LogP contribution in [0.25, 0.3) is 0 Å². The second-order valence-corrected chi connectivity index (χ2v) is 6.40. The quantitative estimate of drug-likeness (QED) is 0.885. The molecule has 5 heteroatoms. The van der Waals surface area contributed by atoms with Gasteiger partial charge in [0.2, 0.25) is 0 Å². The molecule has 1 aromatic rings. The van der Waals surface area contributed by atoms with E-state index in [-0.39, 0.29) is 6.04 Å². The highest BCUT2D eigenvalue weighted by molar-refractivity contribution is 7.87. The highest BCUT2D eigenvalue weighted by atomic mass is 32.2. The molecule has 0 aliphatic carbocycles. The van der Waals surface area contributed by atoms with Gasteiger partial charge in [-0.15, -0.1) is 0 Å². The summed E-state index contributed by atoms with van der Waals surface area (Å²) in [6, 6.07) is 9.72. The van der Waals surface area contributed by atoms with Crippen LogP contribution in [-0.2, 0) is 16.8 Å². The van der Waals surface area contributed by atoms with E-state index in [1.807, 2.05) is 44.2 Å². The molecule has 1 aromatic carbocycles. The average Bonchev–Trinajstić information content (AvgIpc) is 2.56. The Morgan fingerprint density at radius 2 is 2.00 bits per heavy atom. The summed E-state index contributed by atoms with van der Waals surface area (Å²) in [6.07, 6.45) is 0. The van der Waals surface area contributed by atoms with Crippen molar-refractivity contribution in [3.8, 4) is 0 Å². The molecule has 17 heavy (non-hydrogen) atoms. The number of nitrogens with one attached hydrogen (secondary N) is 1. The monoisotopic (exact) mass is 254 g/mol. The molecule has 0 saturated carbocycles. The van der Waals surface area contributed by atoms with E-state index in [2.05, 4.69) is 4.72 Å². The van der Waals surface area contributed by atoms with Crippen LogP contribution in [0.15, 0.2) is 30.3 Å². The van der Waals surface area contributed by atoms with Gasteiger partial charge in [0.05, 0.1) is 0 Å². The van der Waals surface area contributed by atoms with Gasteiger partial charge < -0.3 is 0 Å². The molecule has 1 heterocycles. The van der Waals surface area contributed by atoms with Gasteiger partial charge in [-0.2, -0.15) is 12.7 Å². The predicted molar refractivity (Wildman–Crippen MR) is 67.5 cm³/mol. The molecule has 0 radical (unpaired) electrons. The maximum atomic E-state index is 11.9.